The van der Waals surface area contributed by atoms with E-state index in [1.54, 1.807) is 0 Å². The molecule has 4 nitrogen and oxygen atoms in total. The molecule has 1 aliphatic rings. The first-order valence-corrected chi connectivity index (χ1v) is 6.46. The van der Waals surface area contributed by atoms with Crippen LogP contribution in [0, 0.1) is 6.92 Å². The van der Waals surface area contributed by atoms with E-state index in [1.165, 1.54) is 0 Å². The minimum atomic E-state index is 0.200. The van der Waals surface area contributed by atoms with Crippen LogP contribution >= 0.6 is 11.6 Å². The van der Waals surface area contributed by atoms with E-state index in [-0.39, 0.29) is 6.04 Å². The number of benzene rings is 1. The molecule has 5 heteroatoms. The van der Waals surface area contributed by atoms with Gasteiger partial charge in [0.1, 0.15) is 0 Å². The predicted molar refractivity (Wildman–Crippen MR) is 69.5 cm³/mol. The Morgan fingerprint density at radius 2 is 2.28 bits per heavy atom. The van der Waals surface area contributed by atoms with Crippen LogP contribution in [0.2, 0.25) is 5.02 Å². The highest BCUT2D eigenvalue weighted by Gasteiger charge is 2.22. The summed E-state index contributed by atoms with van der Waals surface area (Å²) in [6.07, 6.45) is 2.20. The average Bonchev–Trinajstić information content (AvgIpc) is 3.01. The van der Waals surface area contributed by atoms with E-state index in [0.717, 1.165) is 30.5 Å². The Balaban J connectivity index is 1.95. The first-order valence-electron chi connectivity index (χ1n) is 6.08. The summed E-state index contributed by atoms with van der Waals surface area (Å²) in [5.74, 6) is 1.21. The molecule has 0 amide bonds. The number of hydrogen-bond donors (Lipinski definition) is 1. The van der Waals surface area contributed by atoms with Gasteiger partial charge in [-0.2, -0.15) is 0 Å². The Morgan fingerprint density at radius 3 is 3.06 bits per heavy atom. The molecule has 0 spiro atoms. The molecule has 1 saturated heterocycles. The van der Waals surface area contributed by atoms with Crippen molar-refractivity contribution in [2.24, 2.45) is 0 Å². The molecule has 1 aromatic heterocycles. The number of nitrogens with zero attached hydrogens (tertiary/aromatic N) is 2. The second kappa shape index (κ2) is 4.71. The second-order valence-electron chi connectivity index (χ2n) is 4.51. The highest BCUT2D eigenvalue weighted by Crippen LogP contribution is 2.29. The highest BCUT2D eigenvalue weighted by atomic mass is 35.5. The maximum absolute atomic E-state index is 6.10. The van der Waals surface area contributed by atoms with Crippen LogP contribution in [0.1, 0.15) is 30.3 Å². The molecule has 2 aromatic rings. The molecule has 0 radical (unpaired) electrons. The van der Waals surface area contributed by atoms with Gasteiger partial charge in [0.2, 0.25) is 11.8 Å². The zero-order chi connectivity index (χ0) is 12.5. The van der Waals surface area contributed by atoms with Crippen molar-refractivity contribution in [2.75, 3.05) is 6.54 Å². The third kappa shape index (κ3) is 2.02. The van der Waals surface area contributed by atoms with E-state index < -0.39 is 0 Å². The largest absolute Gasteiger partial charge is 0.419 e. The zero-order valence-corrected chi connectivity index (χ0v) is 10.9. The Labute approximate surface area is 110 Å². The molecule has 3 rings (SSSR count). The second-order valence-corrected chi connectivity index (χ2v) is 4.91. The monoisotopic (exact) mass is 263 g/mol. The Hall–Kier alpha value is -1.39. The van der Waals surface area contributed by atoms with Crippen molar-refractivity contribution < 1.29 is 4.42 Å². The van der Waals surface area contributed by atoms with Crippen LogP contribution in [0.5, 0.6) is 0 Å². The van der Waals surface area contributed by atoms with Crippen LogP contribution in [-0.2, 0) is 0 Å². The number of aromatic nitrogens is 2. The van der Waals surface area contributed by atoms with Crippen molar-refractivity contribution in [3.63, 3.8) is 0 Å². The molecule has 0 saturated carbocycles. The van der Waals surface area contributed by atoms with E-state index in [2.05, 4.69) is 15.5 Å². The maximum atomic E-state index is 6.10. The van der Waals surface area contributed by atoms with Gasteiger partial charge >= 0.3 is 0 Å². The molecular weight excluding hydrogens is 250 g/mol. The lowest BCUT2D eigenvalue weighted by Gasteiger charge is -2.04. The summed E-state index contributed by atoms with van der Waals surface area (Å²) >= 11 is 6.10. The van der Waals surface area contributed by atoms with Gasteiger partial charge in [-0.05, 0) is 44.0 Å². The fourth-order valence-electron chi connectivity index (χ4n) is 2.22. The lowest BCUT2D eigenvalue weighted by atomic mass is 10.1. The van der Waals surface area contributed by atoms with Crippen LogP contribution in [0.15, 0.2) is 22.6 Å². The summed E-state index contributed by atoms with van der Waals surface area (Å²) in [5, 5.41) is 12.3. The summed E-state index contributed by atoms with van der Waals surface area (Å²) < 4.78 is 5.75. The molecule has 1 aromatic carbocycles. The molecule has 0 bridgehead atoms. The van der Waals surface area contributed by atoms with Crippen molar-refractivity contribution in [3.05, 3.63) is 34.7 Å². The number of halogens is 1. The van der Waals surface area contributed by atoms with Crippen LogP contribution in [0.3, 0.4) is 0 Å². The van der Waals surface area contributed by atoms with Crippen LogP contribution in [-0.4, -0.2) is 16.7 Å². The van der Waals surface area contributed by atoms with Gasteiger partial charge in [-0.25, -0.2) is 0 Å². The fraction of sp³-hybridized carbons (Fsp3) is 0.385. The summed E-state index contributed by atoms with van der Waals surface area (Å²) in [5.41, 5.74) is 1.87. The summed E-state index contributed by atoms with van der Waals surface area (Å²) in [6, 6.07) is 5.89. The van der Waals surface area contributed by atoms with Gasteiger partial charge in [0, 0.05) is 10.6 Å². The minimum absolute atomic E-state index is 0.200. The minimum Gasteiger partial charge on any atom is -0.419 e. The lowest BCUT2D eigenvalue weighted by molar-refractivity contribution is 0.437. The third-order valence-corrected chi connectivity index (χ3v) is 3.71. The van der Waals surface area contributed by atoms with E-state index in [4.69, 9.17) is 16.0 Å². The average molecular weight is 264 g/mol. The number of hydrogen-bond acceptors (Lipinski definition) is 4. The molecule has 1 N–H and O–H groups in total. The molecule has 18 heavy (non-hydrogen) atoms. The summed E-state index contributed by atoms with van der Waals surface area (Å²) in [6.45, 7) is 2.97. The quantitative estimate of drug-likeness (QED) is 0.904. The van der Waals surface area contributed by atoms with E-state index in [1.807, 2.05) is 25.1 Å². The smallest absolute Gasteiger partial charge is 0.248 e. The normalized spacial score (nSPS) is 19.3. The molecule has 1 fully saturated rings. The Morgan fingerprint density at radius 1 is 1.39 bits per heavy atom. The SMILES string of the molecule is Cc1c(Cl)cccc1-c1nnc([C@@H]2CCCN2)o1. The molecule has 94 valence electrons. The van der Waals surface area contributed by atoms with Gasteiger partial charge < -0.3 is 9.73 Å². The van der Waals surface area contributed by atoms with Gasteiger partial charge in [0.25, 0.3) is 0 Å². The predicted octanol–water partition coefficient (Wildman–Crippen LogP) is 3.12. The number of nitrogens with one attached hydrogen (secondary N) is 1. The highest BCUT2D eigenvalue weighted by molar-refractivity contribution is 6.31. The molecular formula is C13H14ClN3O. The van der Waals surface area contributed by atoms with Crippen LogP contribution < -0.4 is 5.32 Å². The van der Waals surface area contributed by atoms with Gasteiger partial charge in [-0.1, -0.05) is 17.7 Å². The third-order valence-electron chi connectivity index (χ3n) is 3.30. The van der Waals surface area contributed by atoms with Crippen molar-refractivity contribution >= 4 is 11.6 Å². The van der Waals surface area contributed by atoms with E-state index in [0.29, 0.717) is 16.8 Å². The molecule has 0 aliphatic carbocycles. The van der Waals surface area contributed by atoms with Gasteiger partial charge in [0.15, 0.2) is 0 Å². The van der Waals surface area contributed by atoms with Crippen LogP contribution in [0.25, 0.3) is 11.5 Å². The van der Waals surface area contributed by atoms with Crippen molar-refractivity contribution in [1.82, 2.24) is 15.5 Å². The first-order chi connectivity index (χ1) is 8.75. The number of rotatable bonds is 2. The van der Waals surface area contributed by atoms with Crippen molar-refractivity contribution in [3.8, 4) is 11.5 Å². The zero-order valence-electron chi connectivity index (χ0n) is 10.1. The van der Waals surface area contributed by atoms with Gasteiger partial charge in [-0.15, -0.1) is 10.2 Å². The standard InChI is InChI=1S/C13H14ClN3O/c1-8-9(4-2-5-10(8)14)12-16-17-13(18-12)11-6-3-7-15-11/h2,4-5,11,15H,3,6-7H2,1H3/t11-/m0/s1. The molecule has 1 atom stereocenters. The Bertz CT molecular complexity index is 561. The summed E-state index contributed by atoms with van der Waals surface area (Å²) in [7, 11) is 0. The molecule has 2 heterocycles. The first kappa shape index (κ1) is 11.7. The van der Waals surface area contributed by atoms with E-state index in [9.17, 15) is 0 Å². The van der Waals surface area contributed by atoms with Gasteiger partial charge in [0.05, 0.1) is 6.04 Å². The van der Waals surface area contributed by atoms with Gasteiger partial charge in [-0.3, -0.25) is 0 Å². The van der Waals surface area contributed by atoms with Crippen molar-refractivity contribution in [2.45, 2.75) is 25.8 Å². The van der Waals surface area contributed by atoms with Crippen molar-refractivity contribution in [1.29, 1.82) is 0 Å². The summed E-state index contributed by atoms with van der Waals surface area (Å²) in [4.78, 5) is 0. The fourth-order valence-corrected chi connectivity index (χ4v) is 2.39. The molecule has 1 aliphatic heterocycles. The Kier molecular flexibility index (Phi) is 3.06. The molecule has 0 unspecified atom stereocenters. The lowest BCUT2D eigenvalue weighted by Crippen LogP contribution is -2.12. The maximum Gasteiger partial charge on any atom is 0.248 e. The van der Waals surface area contributed by atoms with E-state index >= 15 is 0 Å². The topological polar surface area (TPSA) is 51.0 Å². The van der Waals surface area contributed by atoms with Crippen LogP contribution in [0.4, 0.5) is 0 Å².